The summed E-state index contributed by atoms with van der Waals surface area (Å²) in [5, 5.41) is 28.2. The van der Waals surface area contributed by atoms with Crippen LogP contribution in [0.25, 0.3) is 10.9 Å². The Morgan fingerprint density at radius 2 is 1.42 bits per heavy atom. The number of H-pyrrole nitrogens is 1. The van der Waals surface area contributed by atoms with Crippen molar-refractivity contribution in [3.05, 3.63) is 71.9 Å². The number of amides is 8. The van der Waals surface area contributed by atoms with Crippen molar-refractivity contribution in [2.75, 3.05) is 25.1 Å². The van der Waals surface area contributed by atoms with Gasteiger partial charge in [0.25, 0.3) is 0 Å². The number of para-hydroxylation sites is 1. The molecule has 0 spiro atoms. The van der Waals surface area contributed by atoms with Crippen LogP contribution in [0.1, 0.15) is 57.6 Å². The summed E-state index contributed by atoms with van der Waals surface area (Å²) in [6, 6.07) is 8.54. The fraction of sp³-hybridized carbons (Fsp3) is 0.465. The van der Waals surface area contributed by atoms with Crippen LogP contribution in [0.2, 0.25) is 0 Å². The van der Waals surface area contributed by atoms with Crippen molar-refractivity contribution in [2.24, 2.45) is 5.73 Å². The molecule has 1 aromatic heterocycles. The number of nitrogens with zero attached hydrogens (tertiary/aromatic N) is 1. The number of aromatic nitrogens is 1. The number of aromatic amines is 1. The summed E-state index contributed by atoms with van der Waals surface area (Å²) >= 11 is 1.52. The molecule has 8 amide bonds. The summed E-state index contributed by atoms with van der Waals surface area (Å²) in [6.07, 6.45) is 3.89. The fourth-order valence-corrected chi connectivity index (χ4v) is 7.42. The molecule has 21 heteroatoms. The number of fused-ring (bicyclic) bond motifs is 1. The molecule has 2 heterocycles. The lowest BCUT2D eigenvalue weighted by atomic mass is 10.0. The lowest BCUT2D eigenvalue weighted by Crippen LogP contribution is -2.58. The van der Waals surface area contributed by atoms with Crippen molar-refractivity contribution in [3.8, 4) is 0 Å². The molecule has 0 radical (unpaired) electrons. The Bertz CT molecular complexity index is 2150. The van der Waals surface area contributed by atoms with Gasteiger partial charge in [-0.25, -0.2) is 0 Å². The number of carboxylic acid groups (broad SMARTS) is 1. The van der Waals surface area contributed by atoms with E-state index in [2.05, 4.69) is 42.2 Å². The second-order valence-electron chi connectivity index (χ2n) is 15.5. The molecule has 0 bridgehead atoms. The molecule has 0 saturated carbocycles. The largest absolute Gasteiger partial charge is 0.481 e. The Kier molecular flexibility index (Phi) is 19.1. The maximum Gasteiger partial charge on any atom is 0.305 e. The Hall–Kier alpha value is -6.48. The van der Waals surface area contributed by atoms with Crippen molar-refractivity contribution in [1.29, 1.82) is 0 Å². The number of rotatable bonds is 23. The van der Waals surface area contributed by atoms with Gasteiger partial charge in [0, 0.05) is 36.6 Å². The monoisotopic (exact) mass is 906 g/mol. The first-order chi connectivity index (χ1) is 30.5. The van der Waals surface area contributed by atoms with E-state index in [4.69, 9.17) is 5.73 Å². The van der Waals surface area contributed by atoms with Gasteiger partial charge in [-0.05, 0) is 69.2 Å². The maximum absolute atomic E-state index is 13.7. The van der Waals surface area contributed by atoms with Crippen LogP contribution in [0.5, 0.6) is 0 Å². The predicted octanol–water partition coefficient (Wildman–Crippen LogP) is -0.827. The van der Waals surface area contributed by atoms with Crippen molar-refractivity contribution in [1.82, 2.24) is 47.1 Å². The number of benzene rings is 2. The van der Waals surface area contributed by atoms with E-state index in [1.807, 2.05) is 60.9 Å². The molecule has 1 fully saturated rings. The quantitative estimate of drug-likeness (QED) is 0.0558. The number of hydrogen-bond acceptors (Lipinski definition) is 11. The van der Waals surface area contributed by atoms with Gasteiger partial charge in [-0.2, -0.15) is 11.8 Å². The second-order valence-corrected chi connectivity index (χ2v) is 16.5. The molecule has 1 aliphatic rings. The third-order valence-electron chi connectivity index (χ3n) is 10.5. The predicted molar refractivity (Wildman–Crippen MR) is 238 cm³/mol. The second kappa shape index (κ2) is 24.4. The van der Waals surface area contributed by atoms with Crippen LogP contribution in [0.15, 0.2) is 60.8 Å². The molecule has 1 saturated heterocycles. The highest BCUT2D eigenvalue weighted by molar-refractivity contribution is 7.98. The smallest absolute Gasteiger partial charge is 0.305 e. The molecule has 11 N–H and O–H groups in total. The molecule has 3 aromatic rings. The number of nitrogens with one attached hydrogen (secondary N) is 8. The number of carboxylic acids is 1. The molecule has 2 aromatic carbocycles. The molecular weight excluding hydrogens is 849 g/mol. The number of aliphatic carboxylic acids is 1. The Labute approximate surface area is 374 Å². The maximum atomic E-state index is 13.7. The van der Waals surface area contributed by atoms with Crippen molar-refractivity contribution < 1.29 is 48.3 Å². The molecule has 64 heavy (non-hydrogen) atoms. The van der Waals surface area contributed by atoms with Gasteiger partial charge in [-0.1, -0.05) is 48.5 Å². The average molecular weight is 907 g/mol. The summed E-state index contributed by atoms with van der Waals surface area (Å²) in [6.45, 7) is 3.87. The van der Waals surface area contributed by atoms with Gasteiger partial charge >= 0.3 is 5.97 Å². The average Bonchev–Trinajstić information content (AvgIpc) is 3.94. The summed E-state index contributed by atoms with van der Waals surface area (Å²) in [7, 11) is 0. The molecule has 0 aliphatic carbocycles. The van der Waals surface area contributed by atoms with Crippen LogP contribution in [0.4, 0.5) is 0 Å². The van der Waals surface area contributed by atoms with E-state index in [-0.39, 0.29) is 25.9 Å². The van der Waals surface area contributed by atoms with Gasteiger partial charge in [0.2, 0.25) is 47.3 Å². The van der Waals surface area contributed by atoms with E-state index >= 15 is 0 Å². The van der Waals surface area contributed by atoms with E-state index in [1.54, 1.807) is 6.20 Å². The first-order valence-electron chi connectivity index (χ1n) is 20.9. The van der Waals surface area contributed by atoms with Crippen LogP contribution in [0, 0.1) is 0 Å². The van der Waals surface area contributed by atoms with Crippen LogP contribution in [-0.2, 0) is 56.1 Å². The molecular formula is C43H58N10O10S. The van der Waals surface area contributed by atoms with Crippen LogP contribution in [-0.4, -0.2) is 136 Å². The normalized spacial score (nSPS) is 16.2. The zero-order valence-corrected chi connectivity index (χ0v) is 37.0. The Morgan fingerprint density at radius 1 is 0.781 bits per heavy atom. The number of likely N-dealkylation sites (tertiary alicyclic amines) is 1. The highest BCUT2D eigenvalue weighted by Gasteiger charge is 2.39. The summed E-state index contributed by atoms with van der Waals surface area (Å²) in [4.78, 5) is 121. The zero-order chi connectivity index (χ0) is 46.9. The standard InChI is InChI=1S/C43H58N10O10S/c1-24(49-41(61)32(51-40(60)30(44)16-18-64-4)19-28-22-45-31-14-9-8-13-29(28)31)38(58)47-23-35(54)48-26(3)39(59)52-33(20-36(55)56)43(63)53-17-10-15-34(53)42(62)50-25(2)37(57)46-21-27-11-6-5-7-12-27/h5-9,11-14,22,24-26,30,32-34,45H,10,15-21,23,44H2,1-4H3,(H,46,57)(H,47,58)(H,48,54)(H,49,61)(H,50,62)(H,51,60)(H,52,59)(H,55,56)/t24-,25-,26-,30-,32-,33-,34-/m0/s1. The Balaban J connectivity index is 1.28. The SMILES string of the molecule is CSCC[C@H](N)C(=O)N[C@@H](Cc1c[nH]c2ccccc12)C(=O)N[C@@H](C)C(=O)NCC(=O)N[C@@H](C)C(=O)N[C@@H](CC(=O)O)C(=O)N1CCC[C@H]1C(=O)N[C@@H](C)C(=O)NCc1ccccc1. The highest BCUT2D eigenvalue weighted by atomic mass is 32.2. The number of carbonyl (C=O) groups is 9. The first kappa shape index (κ1) is 50.2. The third-order valence-corrected chi connectivity index (χ3v) is 11.2. The van der Waals surface area contributed by atoms with Gasteiger partial charge in [-0.3, -0.25) is 43.2 Å². The minimum Gasteiger partial charge on any atom is -0.481 e. The van der Waals surface area contributed by atoms with E-state index in [0.29, 0.717) is 18.6 Å². The molecule has 0 unspecified atom stereocenters. The van der Waals surface area contributed by atoms with Gasteiger partial charge in [-0.15, -0.1) is 0 Å². The van der Waals surface area contributed by atoms with Crippen molar-refractivity contribution in [3.63, 3.8) is 0 Å². The number of carbonyl (C=O) groups excluding carboxylic acids is 8. The van der Waals surface area contributed by atoms with Crippen molar-refractivity contribution >= 4 is 75.9 Å². The molecule has 4 rings (SSSR count). The zero-order valence-electron chi connectivity index (χ0n) is 36.2. The lowest BCUT2D eigenvalue weighted by Gasteiger charge is -2.29. The van der Waals surface area contributed by atoms with E-state index < -0.39 is 108 Å². The molecule has 7 atom stereocenters. The number of thioether (sulfide) groups is 1. The van der Waals surface area contributed by atoms with Crippen molar-refractivity contribution in [2.45, 2.75) is 102 Å². The van der Waals surface area contributed by atoms with Gasteiger partial charge in [0.1, 0.15) is 36.3 Å². The number of hydrogen-bond donors (Lipinski definition) is 10. The van der Waals surface area contributed by atoms with Gasteiger partial charge in [0.05, 0.1) is 19.0 Å². The summed E-state index contributed by atoms with van der Waals surface area (Å²) < 4.78 is 0. The molecule has 1 aliphatic heterocycles. The molecule has 20 nitrogen and oxygen atoms in total. The fourth-order valence-electron chi connectivity index (χ4n) is 6.93. The van der Waals surface area contributed by atoms with Crippen LogP contribution < -0.4 is 43.0 Å². The lowest BCUT2D eigenvalue weighted by molar-refractivity contribution is -0.146. The van der Waals surface area contributed by atoms with Crippen LogP contribution in [0.3, 0.4) is 0 Å². The van der Waals surface area contributed by atoms with E-state index in [9.17, 15) is 48.3 Å². The first-order valence-corrected chi connectivity index (χ1v) is 22.3. The topological polar surface area (TPSA) is 303 Å². The van der Waals surface area contributed by atoms with Gasteiger partial charge < -0.3 is 57.9 Å². The number of nitrogens with two attached hydrogens (primary N) is 1. The summed E-state index contributed by atoms with van der Waals surface area (Å²) in [5.41, 5.74) is 8.50. The Morgan fingerprint density at radius 3 is 2.12 bits per heavy atom. The minimum atomic E-state index is -1.61. The van der Waals surface area contributed by atoms with E-state index in [1.165, 1.54) is 32.5 Å². The minimum absolute atomic E-state index is 0.0790. The summed E-state index contributed by atoms with van der Waals surface area (Å²) in [5.74, 6) is -6.38. The van der Waals surface area contributed by atoms with E-state index in [0.717, 1.165) is 26.9 Å². The van der Waals surface area contributed by atoms with Gasteiger partial charge in [0.15, 0.2) is 0 Å². The third kappa shape index (κ3) is 14.8. The highest BCUT2D eigenvalue weighted by Crippen LogP contribution is 2.21. The van der Waals surface area contributed by atoms with Crippen LogP contribution >= 0.6 is 11.8 Å². The molecule has 346 valence electrons.